The molecule has 5 rings (SSSR count). The summed E-state index contributed by atoms with van der Waals surface area (Å²) in [5, 5.41) is 1.03. The fourth-order valence-corrected chi connectivity index (χ4v) is 5.01. The van der Waals surface area contributed by atoms with Crippen LogP contribution >= 0.6 is 0 Å². The molecule has 1 aliphatic rings. The number of aromatic nitrogens is 3. The van der Waals surface area contributed by atoms with Gasteiger partial charge in [-0.15, -0.1) is 0 Å². The van der Waals surface area contributed by atoms with Crippen molar-refractivity contribution in [3.63, 3.8) is 0 Å². The molecular weight excluding hydrogens is 413 g/mol. The standard InChI is InChI=1S/C27H32FN5/c1-17(2)15-33-24-14-22(28)8-7-21(24)12-25(33)27-19(4)32-11-9-20(13-26(32)30-27)18(3)31-10-5-6-23(29)16-31/h7-9,11-14,17,23H,3,5-6,10,15-16,29H2,1-2,4H3. The van der Waals surface area contributed by atoms with E-state index in [-0.39, 0.29) is 11.9 Å². The van der Waals surface area contributed by atoms with Gasteiger partial charge in [-0.1, -0.05) is 20.4 Å². The van der Waals surface area contributed by atoms with E-state index < -0.39 is 0 Å². The van der Waals surface area contributed by atoms with Gasteiger partial charge in [-0.2, -0.15) is 0 Å². The Morgan fingerprint density at radius 1 is 1.24 bits per heavy atom. The molecule has 1 aliphatic heterocycles. The van der Waals surface area contributed by atoms with Crippen LogP contribution in [0, 0.1) is 18.7 Å². The average Bonchev–Trinajstić information content (AvgIpc) is 3.29. The lowest BCUT2D eigenvalue weighted by atomic mass is 10.0. The summed E-state index contributed by atoms with van der Waals surface area (Å²) in [7, 11) is 0. The number of likely N-dealkylation sites (tertiary alicyclic amines) is 1. The van der Waals surface area contributed by atoms with Crippen LogP contribution in [0.3, 0.4) is 0 Å². The predicted octanol–water partition coefficient (Wildman–Crippen LogP) is 5.45. The summed E-state index contributed by atoms with van der Waals surface area (Å²) >= 11 is 0. The minimum absolute atomic E-state index is 0.201. The summed E-state index contributed by atoms with van der Waals surface area (Å²) in [6.07, 6.45) is 4.23. The molecule has 6 heteroatoms. The van der Waals surface area contributed by atoms with Crippen molar-refractivity contribution in [3.05, 3.63) is 66.2 Å². The van der Waals surface area contributed by atoms with Crippen LogP contribution in [0.4, 0.5) is 4.39 Å². The predicted molar refractivity (Wildman–Crippen MR) is 133 cm³/mol. The zero-order chi connectivity index (χ0) is 23.3. The Morgan fingerprint density at radius 2 is 2.06 bits per heavy atom. The molecule has 2 N–H and O–H groups in total. The third-order valence-corrected chi connectivity index (χ3v) is 6.69. The van der Waals surface area contributed by atoms with Gasteiger partial charge in [0.15, 0.2) is 0 Å². The first-order chi connectivity index (χ1) is 15.8. The molecule has 172 valence electrons. The molecule has 0 bridgehead atoms. The van der Waals surface area contributed by atoms with E-state index in [1.165, 1.54) is 6.07 Å². The summed E-state index contributed by atoms with van der Waals surface area (Å²) < 4.78 is 18.4. The Kier molecular flexibility index (Phi) is 5.49. The summed E-state index contributed by atoms with van der Waals surface area (Å²) in [5.41, 5.74) is 13.1. The second-order valence-corrected chi connectivity index (χ2v) is 9.72. The van der Waals surface area contributed by atoms with E-state index in [1.807, 2.05) is 6.07 Å². The fourth-order valence-electron chi connectivity index (χ4n) is 5.01. The van der Waals surface area contributed by atoms with Gasteiger partial charge in [-0.3, -0.25) is 0 Å². The van der Waals surface area contributed by atoms with Crippen molar-refractivity contribution in [1.29, 1.82) is 0 Å². The van der Waals surface area contributed by atoms with Gasteiger partial charge in [0.05, 0.1) is 11.2 Å². The molecule has 1 atom stereocenters. The molecule has 33 heavy (non-hydrogen) atoms. The molecule has 1 fully saturated rings. The third-order valence-electron chi connectivity index (χ3n) is 6.69. The van der Waals surface area contributed by atoms with Crippen molar-refractivity contribution < 1.29 is 4.39 Å². The SMILES string of the molecule is C=C(c1ccn2c(C)c(-c3cc4ccc(F)cc4n3CC(C)C)nc2c1)N1CCCC(N)C1. The molecule has 0 radical (unpaired) electrons. The monoisotopic (exact) mass is 445 g/mol. The third kappa shape index (κ3) is 3.93. The van der Waals surface area contributed by atoms with Crippen LogP contribution in [0.25, 0.3) is 33.6 Å². The van der Waals surface area contributed by atoms with Crippen LogP contribution in [-0.2, 0) is 6.54 Å². The Bertz CT molecular complexity index is 1350. The first-order valence-electron chi connectivity index (χ1n) is 11.8. The Labute approximate surface area is 194 Å². The van der Waals surface area contributed by atoms with Crippen molar-refractivity contribution in [3.8, 4) is 11.4 Å². The first-order valence-corrected chi connectivity index (χ1v) is 11.8. The number of hydrogen-bond donors (Lipinski definition) is 1. The van der Waals surface area contributed by atoms with Gasteiger partial charge in [0.1, 0.15) is 17.2 Å². The molecule has 4 aromatic rings. The smallest absolute Gasteiger partial charge is 0.138 e. The molecule has 1 unspecified atom stereocenters. The highest BCUT2D eigenvalue weighted by Crippen LogP contribution is 2.32. The maximum Gasteiger partial charge on any atom is 0.138 e. The minimum Gasteiger partial charge on any atom is -0.370 e. The van der Waals surface area contributed by atoms with Gasteiger partial charge in [0.2, 0.25) is 0 Å². The number of hydrogen-bond acceptors (Lipinski definition) is 3. The number of imidazole rings is 1. The summed E-state index contributed by atoms with van der Waals surface area (Å²) in [6.45, 7) is 13.4. The number of piperidine rings is 1. The number of rotatable bonds is 5. The topological polar surface area (TPSA) is 51.5 Å². The van der Waals surface area contributed by atoms with E-state index in [0.717, 1.165) is 77.4 Å². The van der Waals surface area contributed by atoms with Crippen molar-refractivity contribution in [2.24, 2.45) is 11.7 Å². The molecule has 0 saturated carbocycles. The number of halogens is 1. The fraction of sp³-hybridized carbons (Fsp3) is 0.370. The zero-order valence-electron chi connectivity index (χ0n) is 19.7. The Morgan fingerprint density at radius 3 is 2.82 bits per heavy atom. The molecule has 0 spiro atoms. The van der Waals surface area contributed by atoms with Gasteiger partial charge >= 0.3 is 0 Å². The van der Waals surface area contributed by atoms with Crippen molar-refractivity contribution in [2.75, 3.05) is 13.1 Å². The van der Waals surface area contributed by atoms with Crippen LogP contribution < -0.4 is 5.73 Å². The van der Waals surface area contributed by atoms with E-state index in [1.54, 1.807) is 6.07 Å². The normalized spacial score (nSPS) is 16.9. The van der Waals surface area contributed by atoms with Gasteiger partial charge in [0, 0.05) is 54.2 Å². The highest BCUT2D eigenvalue weighted by Gasteiger charge is 2.21. The number of pyridine rings is 1. The summed E-state index contributed by atoms with van der Waals surface area (Å²) in [4.78, 5) is 7.32. The minimum atomic E-state index is -0.218. The lowest BCUT2D eigenvalue weighted by molar-refractivity contribution is 0.296. The van der Waals surface area contributed by atoms with Gasteiger partial charge < -0.3 is 19.6 Å². The first kappa shape index (κ1) is 21.7. The number of aryl methyl sites for hydroxylation is 1. The van der Waals surface area contributed by atoms with E-state index in [9.17, 15) is 4.39 Å². The maximum absolute atomic E-state index is 14.1. The van der Waals surface area contributed by atoms with E-state index in [4.69, 9.17) is 10.7 Å². The molecule has 0 amide bonds. The summed E-state index contributed by atoms with van der Waals surface area (Å²) in [5.74, 6) is 0.204. The largest absolute Gasteiger partial charge is 0.370 e. The van der Waals surface area contributed by atoms with Gasteiger partial charge in [-0.05, 0) is 62.1 Å². The number of nitrogens with two attached hydrogens (primary N) is 1. The van der Waals surface area contributed by atoms with E-state index in [2.05, 4.69) is 65.6 Å². The van der Waals surface area contributed by atoms with E-state index in [0.29, 0.717) is 5.92 Å². The lowest BCUT2D eigenvalue weighted by Gasteiger charge is -2.34. The quantitative estimate of drug-likeness (QED) is 0.444. The second kappa shape index (κ2) is 8.34. The highest BCUT2D eigenvalue weighted by molar-refractivity contribution is 5.87. The van der Waals surface area contributed by atoms with Crippen molar-refractivity contribution in [2.45, 2.75) is 46.2 Å². The molecular formula is C27H32FN5. The van der Waals surface area contributed by atoms with Crippen LogP contribution in [-0.4, -0.2) is 38.0 Å². The number of fused-ring (bicyclic) bond motifs is 2. The van der Waals surface area contributed by atoms with Crippen molar-refractivity contribution in [1.82, 2.24) is 18.9 Å². The van der Waals surface area contributed by atoms with Crippen molar-refractivity contribution >= 4 is 22.2 Å². The van der Waals surface area contributed by atoms with Crippen LogP contribution in [0.1, 0.15) is 37.9 Å². The maximum atomic E-state index is 14.1. The van der Waals surface area contributed by atoms with Crippen LogP contribution in [0.2, 0.25) is 0 Å². The molecule has 1 saturated heterocycles. The van der Waals surface area contributed by atoms with Gasteiger partial charge in [0.25, 0.3) is 0 Å². The lowest BCUT2D eigenvalue weighted by Crippen LogP contribution is -2.41. The second-order valence-electron chi connectivity index (χ2n) is 9.72. The van der Waals surface area contributed by atoms with Gasteiger partial charge in [-0.25, -0.2) is 9.37 Å². The number of nitrogens with zero attached hydrogens (tertiary/aromatic N) is 4. The average molecular weight is 446 g/mol. The zero-order valence-corrected chi connectivity index (χ0v) is 19.7. The molecule has 5 nitrogen and oxygen atoms in total. The Balaban J connectivity index is 1.59. The van der Waals surface area contributed by atoms with Crippen LogP contribution in [0.15, 0.2) is 49.2 Å². The van der Waals surface area contributed by atoms with E-state index >= 15 is 0 Å². The molecule has 0 aliphatic carbocycles. The Hall–Kier alpha value is -3.12. The highest BCUT2D eigenvalue weighted by atomic mass is 19.1. The van der Waals surface area contributed by atoms with Crippen LogP contribution in [0.5, 0.6) is 0 Å². The summed E-state index contributed by atoms with van der Waals surface area (Å²) in [6, 6.07) is 11.5. The molecule has 1 aromatic carbocycles. The molecule has 4 heterocycles. The number of benzene rings is 1. The molecule has 3 aromatic heterocycles.